The number of likely N-dealkylation sites (tertiary alicyclic amines) is 1. The van der Waals surface area contributed by atoms with Crippen molar-refractivity contribution >= 4 is 15.7 Å². The highest BCUT2D eigenvalue weighted by molar-refractivity contribution is 7.92. The monoisotopic (exact) mass is 511 g/mol. The van der Waals surface area contributed by atoms with Crippen LogP contribution in [0.4, 0.5) is 13.2 Å². The Kier molecular flexibility index (Phi) is 7.26. The van der Waals surface area contributed by atoms with Crippen LogP contribution in [0.3, 0.4) is 0 Å². The third kappa shape index (κ3) is 5.39. The van der Waals surface area contributed by atoms with E-state index in [4.69, 9.17) is 9.47 Å². The van der Waals surface area contributed by atoms with Crippen molar-refractivity contribution in [3.63, 3.8) is 0 Å². The highest BCUT2D eigenvalue weighted by atomic mass is 32.2. The molecular weight excluding hydrogens is 483 g/mol. The Hall–Kier alpha value is -2.43. The molecule has 2 aliphatic heterocycles. The van der Waals surface area contributed by atoms with Crippen molar-refractivity contribution in [2.45, 2.75) is 60.8 Å². The minimum absolute atomic E-state index is 0.0457. The van der Waals surface area contributed by atoms with Gasteiger partial charge in [0.05, 0.1) is 22.7 Å². The molecule has 2 heterocycles. The van der Waals surface area contributed by atoms with Gasteiger partial charge in [-0.2, -0.15) is 13.2 Å². The lowest BCUT2D eigenvalue weighted by Crippen LogP contribution is -2.52. The van der Waals surface area contributed by atoms with Crippen molar-refractivity contribution < 1.29 is 35.9 Å². The van der Waals surface area contributed by atoms with E-state index in [2.05, 4.69) is 0 Å². The first-order valence-corrected chi connectivity index (χ1v) is 13.1. The molecule has 0 N–H and O–H groups in total. The second kappa shape index (κ2) is 9.91. The summed E-state index contributed by atoms with van der Waals surface area (Å²) < 4.78 is 74.0. The molecule has 2 atom stereocenters. The average Bonchev–Trinajstić information content (AvgIpc) is 2.84. The van der Waals surface area contributed by atoms with Gasteiger partial charge in [-0.1, -0.05) is 30.3 Å². The molecule has 1 amide bonds. The van der Waals surface area contributed by atoms with Crippen molar-refractivity contribution in [3.8, 4) is 0 Å². The maximum atomic E-state index is 13.0. The number of alkyl halides is 3. The van der Waals surface area contributed by atoms with Crippen LogP contribution in [0.25, 0.3) is 0 Å². The van der Waals surface area contributed by atoms with Crippen LogP contribution in [0.2, 0.25) is 0 Å². The largest absolute Gasteiger partial charge is 0.501 e. The molecule has 0 aliphatic carbocycles. The SMILES string of the molecule is CCOC1CC(c2ccccc2)OC2(CCN(C(=O)c3ccc(S(=O)(=O)C(F)(F)F)cc3)CC2)C1. The molecule has 6 nitrogen and oxygen atoms in total. The summed E-state index contributed by atoms with van der Waals surface area (Å²) in [6.07, 6.45) is 2.64. The number of nitrogens with zero attached hydrogens (tertiary/aromatic N) is 1. The van der Waals surface area contributed by atoms with Gasteiger partial charge in [0.25, 0.3) is 15.7 Å². The molecule has 35 heavy (non-hydrogen) atoms. The zero-order valence-corrected chi connectivity index (χ0v) is 20.1. The summed E-state index contributed by atoms with van der Waals surface area (Å²) in [6.45, 7) is 3.41. The minimum Gasteiger partial charge on any atom is -0.378 e. The van der Waals surface area contributed by atoms with E-state index < -0.39 is 25.8 Å². The Labute approximate surface area is 202 Å². The Morgan fingerprint density at radius 2 is 1.71 bits per heavy atom. The number of piperidine rings is 1. The molecule has 0 bridgehead atoms. The molecule has 2 saturated heterocycles. The lowest BCUT2D eigenvalue weighted by Gasteiger charge is -2.48. The van der Waals surface area contributed by atoms with Crippen molar-refractivity contribution in [1.29, 1.82) is 0 Å². The lowest BCUT2D eigenvalue weighted by molar-refractivity contribution is -0.190. The Bertz CT molecular complexity index is 1130. The van der Waals surface area contributed by atoms with Gasteiger partial charge in [0.15, 0.2) is 0 Å². The van der Waals surface area contributed by atoms with E-state index in [1.807, 2.05) is 37.3 Å². The molecule has 4 rings (SSSR count). The summed E-state index contributed by atoms with van der Waals surface area (Å²) in [4.78, 5) is 13.7. The van der Waals surface area contributed by atoms with E-state index >= 15 is 0 Å². The molecular formula is C25H28F3NO5S. The first kappa shape index (κ1) is 25.7. The van der Waals surface area contributed by atoms with Crippen LogP contribution in [0, 0.1) is 0 Å². The molecule has 10 heteroatoms. The van der Waals surface area contributed by atoms with E-state index in [-0.39, 0.29) is 23.7 Å². The number of sulfone groups is 1. The molecule has 1 spiro atoms. The summed E-state index contributed by atoms with van der Waals surface area (Å²) in [5.41, 5.74) is -4.60. The van der Waals surface area contributed by atoms with Crippen LogP contribution in [0.15, 0.2) is 59.5 Å². The predicted octanol–water partition coefficient (Wildman–Crippen LogP) is 4.91. The van der Waals surface area contributed by atoms with Gasteiger partial charge in [0.1, 0.15) is 0 Å². The smallest absolute Gasteiger partial charge is 0.378 e. The van der Waals surface area contributed by atoms with Gasteiger partial charge in [-0.3, -0.25) is 4.79 Å². The van der Waals surface area contributed by atoms with Gasteiger partial charge >= 0.3 is 5.51 Å². The third-order valence-electron chi connectivity index (χ3n) is 6.72. The molecule has 2 aromatic rings. The van der Waals surface area contributed by atoms with Gasteiger partial charge in [0.2, 0.25) is 0 Å². The molecule has 0 saturated carbocycles. The van der Waals surface area contributed by atoms with Crippen LogP contribution in [-0.2, 0) is 19.3 Å². The van der Waals surface area contributed by atoms with Crippen LogP contribution in [0.5, 0.6) is 0 Å². The summed E-state index contributed by atoms with van der Waals surface area (Å²) >= 11 is 0. The van der Waals surface area contributed by atoms with Crippen LogP contribution in [-0.4, -0.2) is 56.1 Å². The zero-order chi connectivity index (χ0) is 25.3. The molecule has 2 aromatic carbocycles. The number of carbonyl (C=O) groups excluding carboxylic acids is 1. The van der Waals surface area contributed by atoms with Crippen LogP contribution >= 0.6 is 0 Å². The predicted molar refractivity (Wildman–Crippen MR) is 122 cm³/mol. The first-order valence-electron chi connectivity index (χ1n) is 11.6. The van der Waals surface area contributed by atoms with Gasteiger partial charge in [-0.15, -0.1) is 0 Å². The van der Waals surface area contributed by atoms with E-state index in [9.17, 15) is 26.4 Å². The van der Waals surface area contributed by atoms with E-state index in [1.165, 1.54) is 0 Å². The maximum absolute atomic E-state index is 13.0. The minimum atomic E-state index is -5.45. The summed E-state index contributed by atoms with van der Waals surface area (Å²) in [6, 6.07) is 13.9. The number of amides is 1. The fourth-order valence-electron chi connectivity index (χ4n) is 4.90. The van der Waals surface area contributed by atoms with E-state index in [1.54, 1.807) is 4.90 Å². The van der Waals surface area contributed by atoms with Crippen LogP contribution < -0.4 is 0 Å². The lowest BCUT2D eigenvalue weighted by atomic mass is 9.80. The maximum Gasteiger partial charge on any atom is 0.501 e. The Morgan fingerprint density at radius 3 is 2.29 bits per heavy atom. The molecule has 2 aliphatic rings. The van der Waals surface area contributed by atoms with E-state index in [0.717, 1.165) is 42.7 Å². The average molecular weight is 512 g/mol. The fourth-order valence-corrected chi connectivity index (χ4v) is 5.66. The molecule has 190 valence electrons. The third-order valence-corrected chi connectivity index (χ3v) is 8.22. The standard InChI is InChI=1S/C25H28F3NO5S/c1-2-33-20-16-22(18-6-4-3-5-7-18)34-24(17-20)12-14-29(15-13-24)23(30)19-8-10-21(11-9-19)35(31,32)25(26,27)28/h3-11,20,22H,2,12-17H2,1H3. The van der Waals surface area contributed by atoms with Gasteiger partial charge in [-0.25, -0.2) is 8.42 Å². The topological polar surface area (TPSA) is 72.9 Å². The number of ether oxygens (including phenoxy) is 2. The second-order valence-corrected chi connectivity index (χ2v) is 10.9. The van der Waals surface area contributed by atoms with Crippen molar-refractivity contribution in [3.05, 3.63) is 65.7 Å². The Balaban J connectivity index is 1.45. The summed E-state index contributed by atoms with van der Waals surface area (Å²) in [5, 5.41) is 0. The van der Waals surface area contributed by atoms with Crippen LogP contribution in [0.1, 0.15) is 54.6 Å². The quantitative estimate of drug-likeness (QED) is 0.570. The molecule has 0 aromatic heterocycles. The van der Waals surface area contributed by atoms with Crippen molar-refractivity contribution in [1.82, 2.24) is 4.90 Å². The molecule has 2 fully saturated rings. The van der Waals surface area contributed by atoms with Crippen molar-refractivity contribution in [2.24, 2.45) is 0 Å². The molecule has 0 radical (unpaired) electrons. The highest BCUT2D eigenvalue weighted by Gasteiger charge is 2.47. The summed E-state index contributed by atoms with van der Waals surface area (Å²) in [7, 11) is -5.45. The fraction of sp³-hybridized carbons (Fsp3) is 0.480. The first-order chi connectivity index (χ1) is 16.5. The highest BCUT2D eigenvalue weighted by Crippen LogP contribution is 2.44. The Morgan fingerprint density at radius 1 is 1.09 bits per heavy atom. The normalized spacial score (nSPS) is 22.8. The number of carbonyl (C=O) groups is 1. The second-order valence-electron chi connectivity index (χ2n) is 8.98. The summed E-state index contributed by atoms with van der Waals surface area (Å²) in [5.74, 6) is -0.354. The van der Waals surface area contributed by atoms with Gasteiger partial charge in [-0.05, 0) is 49.6 Å². The zero-order valence-electron chi connectivity index (χ0n) is 19.3. The van der Waals surface area contributed by atoms with Crippen molar-refractivity contribution in [2.75, 3.05) is 19.7 Å². The molecule has 2 unspecified atom stereocenters. The number of hydrogen-bond acceptors (Lipinski definition) is 5. The van der Waals surface area contributed by atoms with Gasteiger partial charge in [0, 0.05) is 38.1 Å². The number of halogens is 3. The number of rotatable bonds is 5. The van der Waals surface area contributed by atoms with Gasteiger partial charge < -0.3 is 14.4 Å². The number of benzene rings is 2. The van der Waals surface area contributed by atoms with E-state index in [0.29, 0.717) is 32.5 Å². The number of hydrogen-bond donors (Lipinski definition) is 0.